The van der Waals surface area contributed by atoms with E-state index in [-0.39, 0.29) is 16.9 Å². The topological polar surface area (TPSA) is 122 Å². The second-order valence-electron chi connectivity index (χ2n) is 4.01. The lowest BCUT2D eigenvalue weighted by atomic mass is 10.2. The fourth-order valence-corrected chi connectivity index (χ4v) is 1.55. The quantitative estimate of drug-likeness (QED) is 0.485. The van der Waals surface area contributed by atoms with E-state index in [1.807, 2.05) is 0 Å². The highest BCUT2D eigenvalue weighted by atomic mass is 16.6. The van der Waals surface area contributed by atoms with Crippen molar-refractivity contribution in [1.29, 1.82) is 0 Å². The second-order valence-corrected chi connectivity index (χ2v) is 4.01. The molecule has 0 aliphatic rings. The minimum Gasteiger partial charge on any atom is -0.872 e. The van der Waals surface area contributed by atoms with E-state index < -0.39 is 15.6 Å². The number of non-ortho nitro benzene ring substituents is 2. The maximum atomic E-state index is 11.6. The van der Waals surface area contributed by atoms with Gasteiger partial charge in [0.05, 0.1) is 15.5 Å². The van der Waals surface area contributed by atoms with Crippen LogP contribution in [0.4, 0.5) is 17.1 Å². The molecule has 0 aromatic heterocycles. The number of aliphatic imine (C=N–C) groups is 1. The molecule has 0 spiro atoms. The van der Waals surface area contributed by atoms with Crippen LogP contribution in [0.3, 0.4) is 0 Å². The lowest BCUT2D eigenvalue weighted by Gasteiger charge is -2.08. The molecule has 0 aliphatic carbocycles. The second kappa shape index (κ2) is 5.78. The van der Waals surface area contributed by atoms with E-state index in [9.17, 15) is 25.3 Å². The minimum atomic E-state index is -0.608. The van der Waals surface area contributed by atoms with Gasteiger partial charge in [-0.3, -0.25) is 25.2 Å². The van der Waals surface area contributed by atoms with Gasteiger partial charge in [0.25, 0.3) is 11.4 Å². The third-order valence-corrected chi connectivity index (χ3v) is 2.62. The van der Waals surface area contributed by atoms with Crippen LogP contribution in [0.25, 0.3) is 0 Å². The van der Waals surface area contributed by atoms with Gasteiger partial charge in [0.1, 0.15) is 0 Å². The van der Waals surface area contributed by atoms with Gasteiger partial charge >= 0.3 is 0 Å². The van der Waals surface area contributed by atoms with Crippen LogP contribution < -0.4 is 5.11 Å². The average Bonchev–Trinajstić information content (AvgIpc) is 2.46. The lowest BCUT2D eigenvalue weighted by molar-refractivity contribution is -0.385. The molecule has 0 fully saturated rings. The molecule has 8 nitrogen and oxygen atoms in total. The summed E-state index contributed by atoms with van der Waals surface area (Å²) in [5.74, 6) is -0.397. The molecular formula is C13H8N3O5-. The number of nitro benzene ring substituents is 2. The molecule has 0 N–H and O–H groups in total. The third-order valence-electron chi connectivity index (χ3n) is 2.62. The largest absolute Gasteiger partial charge is 0.872 e. The molecule has 0 saturated heterocycles. The first-order valence-electron chi connectivity index (χ1n) is 5.71. The van der Waals surface area contributed by atoms with E-state index in [1.54, 1.807) is 0 Å². The number of rotatable bonds is 4. The van der Waals surface area contributed by atoms with Crippen LogP contribution in [0.2, 0.25) is 0 Å². The van der Waals surface area contributed by atoms with E-state index in [0.717, 1.165) is 18.2 Å². The number of hydrogen-bond acceptors (Lipinski definition) is 6. The zero-order valence-electron chi connectivity index (χ0n) is 10.5. The van der Waals surface area contributed by atoms with Gasteiger partial charge in [-0.15, -0.1) is 0 Å². The Bertz CT molecular complexity index is 725. The normalized spacial score (nSPS) is 10.7. The van der Waals surface area contributed by atoms with Crippen LogP contribution in [0.1, 0.15) is 5.56 Å². The predicted octanol–water partition coefficient (Wildman–Crippen LogP) is 2.33. The number of hydrogen-bond donors (Lipinski definition) is 0. The van der Waals surface area contributed by atoms with Crippen molar-refractivity contribution < 1.29 is 15.0 Å². The molecule has 0 heterocycles. The molecule has 0 atom stereocenters. The summed E-state index contributed by atoms with van der Waals surface area (Å²) in [7, 11) is 0. The molecule has 106 valence electrons. The predicted molar refractivity (Wildman–Crippen MR) is 72.9 cm³/mol. The Hall–Kier alpha value is -3.29. The fraction of sp³-hybridized carbons (Fsp3) is 0. The van der Waals surface area contributed by atoms with Crippen LogP contribution in [0.15, 0.2) is 47.5 Å². The third kappa shape index (κ3) is 3.38. The van der Waals surface area contributed by atoms with Crippen molar-refractivity contribution in [2.75, 3.05) is 0 Å². The molecule has 0 saturated carbocycles. The molecule has 0 aliphatic heterocycles. The zero-order chi connectivity index (χ0) is 15.4. The molecule has 0 bridgehead atoms. The fourth-order valence-electron chi connectivity index (χ4n) is 1.55. The summed E-state index contributed by atoms with van der Waals surface area (Å²) in [6.45, 7) is 0. The van der Waals surface area contributed by atoms with Gasteiger partial charge in [-0.1, -0.05) is 11.8 Å². The van der Waals surface area contributed by atoms with Gasteiger partial charge in [0.2, 0.25) is 0 Å². The first-order chi connectivity index (χ1) is 9.97. The van der Waals surface area contributed by atoms with E-state index in [2.05, 4.69) is 4.99 Å². The molecule has 2 aromatic carbocycles. The monoisotopic (exact) mass is 286 g/mol. The van der Waals surface area contributed by atoms with Gasteiger partial charge < -0.3 is 5.11 Å². The summed E-state index contributed by atoms with van der Waals surface area (Å²) in [6, 6.07) is 8.71. The van der Waals surface area contributed by atoms with E-state index >= 15 is 0 Å². The van der Waals surface area contributed by atoms with E-state index in [0.29, 0.717) is 5.69 Å². The van der Waals surface area contributed by atoms with Crippen LogP contribution in [0.5, 0.6) is 5.75 Å². The van der Waals surface area contributed by atoms with Crippen molar-refractivity contribution in [3.8, 4) is 5.75 Å². The maximum absolute atomic E-state index is 11.6. The van der Waals surface area contributed by atoms with Crippen LogP contribution in [-0.4, -0.2) is 16.1 Å². The Morgan fingerprint density at radius 1 is 0.905 bits per heavy atom. The van der Waals surface area contributed by atoms with Gasteiger partial charge in [0, 0.05) is 30.5 Å². The SMILES string of the molecule is O=[N+]([O-])c1ccc(N=Cc2cc([N+](=O)[O-])ccc2[O-])cc1. The van der Waals surface area contributed by atoms with Gasteiger partial charge in [-0.25, -0.2) is 0 Å². The van der Waals surface area contributed by atoms with E-state index in [4.69, 9.17) is 0 Å². The first kappa shape index (κ1) is 14.1. The van der Waals surface area contributed by atoms with Gasteiger partial charge in [0.15, 0.2) is 0 Å². The molecule has 0 unspecified atom stereocenters. The van der Waals surface area contributed by atoms with Crippen molar-refractivity contribution in [3.63, 3.8) is 0 Å². The highest BCUT2D eigenvalue weighted by Gasteiger charge is 2.06. The molecule has 0 amide bonds. The summed E-state index contributed by atoms with van der Waals surface area (Å²) >= 11 is 0. The molecule has 21 heavy (non-hydrogen) atoms. The molecule has 8 heteroatoms. The average molecular weight is 286 g/mol. The van der Waals surface area contributed by atoms with Gasteiger partial charge in [-0.05, 0) is 17.7 Å². The van der Waals surface area contributed by atoms with Crippen molar-refractivity contribution in [1.82, 2.24) is 0 Å². The number of nitro groups is 2. The Labute approximate surface area is 118 Å². The highest BCUT2D eigenvalue weighted by Crippen LogP contribution is 2.21. The standard InChI is InChI=1S/C13H9N3O5/c17-13-6-5-12(16(20)21)7-9(13)8-14-10-1-3-11(4-2-10)15(18)19/h1-8,17H/p-1. The van der Waals surface area contributed by atoms with Crippen molar-refractivity contribution in [2.45, 2.75) is 0 Å². The van der Waals surface area contributed by atoms with Crippen LogP contribution in [-0.2, 0) is 0 Å². The number of benzene rings is 2. The summed E-state index contributed by atoms with van der Waals surface area (Å²) in [5.41, 5.74) is 0.183. The Morgan fingerprint density at radius 3 is 2.05 bits per heavy atom. The summed E-state index contributed by atoms with van der Waals surface area (Å²) in [4.78, 5) is 24.0. The van der Waals surface area contributed by atoms with Crippen molar-refractivity contribution >= 4 is 23.3 Å². The lowest BCUT2D eigenvalue weighted by Crippen LogP contribution is -1.98. The molecule has 2 aromatic rings. The molecular weight excluding hydrogens is 278 g/mol. The van der Waals surface area contributed by atoms with E-state index in [1.165, 1.54) is 30.5 Å². The highest BCUT2D eigenvalue weighted by molar-refractivity contribution is 5.86. The van der Waals surface area contributed by atoms with Crippen LogP contribution in [0, 0.1) is 20.2 Å². The van der Waals surface area contributed by atoms with Gasteiger partial charge in [-0.2, -0.15) is 0 Å². The van der Waals surface area contributed by atoms with Crippen LogP contribution >= 0.6 is 0 Å². The maximum Gasteiger partial charge on any atom is 0.270 e. The summed E-state index contributed by atoms with van der Waals surface area (Å²) < 4.78 is 0. The Kier molecular flexibility index (Phi) is 3.89. The molecule has 2 rings (SSSR count). The molecule has 0 radical (unpaired) electrons. The first-order valence-corrected chi connectivity index (χ1v) is 5.71. The summed E-state index contributed by atoms with van der Waals surface area (Å²) in [6.07, 6.45) is 1.19. The number of nitrogens with zero attached hydrogens (tertiary/aromatic N) is 3. The Balaban J connectivity index is 2.26. The Morgan fingerprint density at radius 2 is 1.48 bits per heavy atom. The smallest absolute Gasteiger partial charge is 0.270 e. The van der Waals surface area contributed by atoms with Crippen molar-refractivity contribution in [3.05, 3.63) is 68.3 Å². The minimum absolute atomic E-state index is 0.0718. The zero-order valence-corrected chi connectivity index (χ0v) is 10.5. The van der Waals surface area contributed by atoms with Crippen molar-refractivity contribution in [2.24, 2.45) is 4.99 Å². The summed E-state index contributed by atoms with van der Waals surface area (Å²) in [5, 5.41) is 32.7.